The molecular formula is C15H18BrNO6S. The van der Waals surface area contributed by atoms with Gasteiger partial charge in [0.1, 0.15) is 6.61 Å². The van der Waals surface area contributed by atoms with Crippen molar-refractivity contribution in [2.24, 2.45) is 5.41 Å². The third-order valence-corrected chi connectivity index (χ3v) is 6.47. The molecule has 7 nitrogen and oxygen atoms in total. The monoisotopic (exact) mass is 419 g/mol. The van der Waals surface area contributed by atoms with Gasteiger partial charge in [-0.2, -0.15) is 0 Å². The second-order valence-corrected chi connectivity index (χ2v) is 9.29. The molecule has 0 saturated carbocycles. The number of cyclic esters (lactones) is 1. The molecule has 1 fully saturated rings. The highest BCUT2D eigenvalue weighted by atomic mass is 79.9. The van der Waals surface area contributed by atoms with Gasteiger partial charge in [-0.15, -0.1) is 0 Å². The first-order chi connectivity index (χ1) is 11.0. The van der Waals surface area contributed by atoms with Crippen molar-refractivity contribution in [1.29, 1.82) is 0 Å². The molecule has 1 aliphatic rings. The molecular weight excluding hydrogens is 402 g/mol. The van der Waals surface area contributed by atoms with E-state index in [0.717, 1.165) is 4.31 Å². The Morgan fingerprint density at radius 1 is 1.38 bits per heavy atom. The molecule has 0 N–H and O–H groups in total. The molecule has 0 aliphatic carbocycles. The Hall–Kier alpha value is -1.45. The van der Waals surface area contributed by atoms with E-state index in [1.54, 1.807) is 13.8 Å². The fraction of sp³-hybridized carbons (Fsp3) is 0.467. The van der Waals surface area contributed by atoms with Crippen LogP contribution in [0.1, 0.15) is 24.2 Å². The van der Waals surface area contributed by atoms with E-state index in [2.05, 4.69) is 15.9 Å². The van der Waals surface area contributed by atoms with Crippen LogP contribution in [0.3, 0.4) is 0 Å². The zero-order valence-electron chi connectivity index (χ0n) is 13.7. The van der Waals surface area contributed by atoms with Crippen molar-refractivity contribution >= 4 is 37.9 Å². The molecule has 0 aromatic heterocycles. The zero-order valence-corrected chi connectivity index (χ0v) is 16.1. The fourth-order valence-corrected chi connectivity index (χ4v) is 3.98. The molecule has 2 rings (SSSR count). The summed E-state index contributed by atoms with van der Waals surface area (Å²) in [5.74, 6) is -1.39. The van der Waals surface area contributed by atoms with E-state index < -0.39 is 33.5 Å². The number of carbonyl (C=O) groups is 2. The van der Waals surface area contributed by atoms with Gasteiger partial charge in [0.25, 0.3) is 0 Å². The van der Waals surface area contributed by atoms with E-state index in [4.69, 9.17) is 9.47 Å². The smallest absolute Gasteiger partial charge is 0.348 e. The minimum Gasteiger partial charge on any atom is -0.462 e. The van der Waals surface area contributed by atoms with E-state index in [1.807, 2.05) is 0 Å². The Morgan fingerprint density at radius 2 is 2.00 bits per heavy atom. The van der Waals surface area contributed by atoms with Gasteiger partial charge in [-0.25, -0.2) is 22.3 Å². The van der Waals surface area contributed by atoms with Gasteiger partial charge in [0.15, 0.2) is 0 Å². The Labute approximate surface area is 149 Å². The van der Waals surface area contributed by atoms with Crippen LogP contribution in [-0.4, -0.2) is 51.5 Å². The molecule has 1 heterocycles. The van der Waals surface area contributed by atoms with Crippen molar-refractivity contribution < 1.29 is 27.5 Å². The van der Waals surface area contributed by atoms with Crippen molar-refractivity contribution in [2.45, 2.75) is 24.8 Å². The lowest BCUT2D eigenvalue weighted by Gasteiger charge is -2.21. The number of halogens is 1. The summed E-state index contributed by atoms with van der Waals surface area (Å²) >= 11 is 3.17. The van der Waals surface area contributed by atoms with E-state index >= 15 is 0 Å². The molecule has 1 atom stereocenters. The summed E-state index contributed by atoms with van der Waals surface area (Å²) in [6.07, 6.45) is -1.03. The number of ether oxygens (including phenoxy) is 2. The minimum atomic E-state index is -3.74. The first kappa shape index (κ1) is 18.9. The molecule has 0 bridgehead atoms. The number of hydrogen-bond donors (Lipinski definition) is 0. The molecule has 0 amide bonds. The SMILES string of the molecule is CN(C)S(=O)(=O)c1cc(C(=O)O[C@H]2C(=O)OCC2(C)C)ccc1Br. The van der Waals surface area contributed by atoms with E-state index in [9.17, 15) is 18.0 Å². The number of hydrogen-bond acceptors (Lipinski definition) is 6. The van der Waals surface area contributed by atoms with Gasteiger partial charge in [0.2, 0.25) is 16.1 Å². The largest absolute Gasteiger partial charge is 0.462 e. The third kappa shape index (κ3) is 3.47. The first-order valence-corrected chi connectivity index (χ1v) is 9.30. The van der Waals surface area contributed by atoms with E-state index in [-0.39, 0.29) is 17.1 Å². The summed E-state index contributed by atoms with van der Waals surface area (Å²) in [5.41, 5.74) is -0.602. The lowest BCUT2D eigenvalue weighted by molar-refractivity contribution is -0.145. The van der Waals surface area contributed by atoms with Crippen molar-refractivity contribution in [1.82, 2.24) is 4.31 Å². The molecule has 0 spiro atoms. The number of sulfonamides is 1. The number of esters is 2. The summed E-state index contributed by atoms with van der Waals surface area (Å²) in [4.78, 5) is 24.0. The summed E-state index contributed by atoms with van der Waals surface area (Å²) in [6.45, 7) is 3.66. The molecule has 1 saturated heterocycles. The van der Waals surface area contributed by atoms with Crippen LogP contribution in [0.15, 0.2) is 27.6 Å². The molecule has 9 heteroatoms. The Bertz CT molecular complexity index is 787. The Balaban J connectivity index is 2.33. The van der Waals surface area contributed by atoms with Gasteiger partial charge in [0, 0.05) is 24.0 Å². The fourth-order valence-electron chi connectivity index (χ4n) is 2.13. The van der Waals surface area contributed by atoms with Gasteiger partial charge in [-0.05, 0) is 34.1 Å². The van der Waals surface area contributed by atoms with Crippen LogP contribution >= 0.6 is 15.9 Å². The first-order valence-electron chi connectivity index (χ1n) is 7.06. The highest BCUT2D eigenvalue weighted by Crippen LogP contribution is 2.32. The van der Waals surface area contributed by atoms with Crippen LogP contribution in [0.5, 0.6) is 0 Å². The second-order valence-electron chi connectivity index (χ2n) is 6.31. The third-order valence-electron chi connectivity index (χ3n) is 3.66. The quantitative estimate of drug-likeness (QED) is 0.691. The predicted molar refractivity (Wildman–Crippen MR) is 89.0 cm³/mol. The molecule has 1 aliphatic heterocycles. The van der Waals surface area contributed by atoms with Gasteiger partial charge in [-0.3, -0.25) is 0 Å². The topological polar surface area (TPSA) is 90.0 Å². The van der Waals surface area contributed by atoms with Crippen LogP contribution in [0.2, 0.25) is 0 Å². The standard InChI is InChI=1S/C15H18BrNO6S/c1-15(2)8-22-14(19)12(15)23-13(18)9-5-6-10(16)11(7-9)24(20,21)17(3)4/h5-7,12H,8H2,1-4H3/t12-/m0/s1. The van der Waals surface area contributed by atoms with E-state index in [1.165, 1.54) is 32.3 Å². The van der Waals surface area contributed by atoms with Crippen molar-refractivity contribution in [3.8, 4) is 0 Å². The minimum absolute atomic E-state index is 0.0362. The number of carbonyl (C=O) groups excluding carboxylic acids is 2. The maximum absolute atomic E-state index is 12.3. The van der Waals surface area contributed by atoms with Crippen LogP contribution < -0.4 is 0 Å². The van der Waals surface area contributed by atoms with Crippen LogP contribution in [0.4, 0.5) is 0 Å². The van der Waals surface area contributed by atoms with Gasteiger partial charge in [-0.1, -0.05) is 13.8 Å². The molecule has 132 valence electrons. The lowest BCUT2D eigenvalue weighted by atomic mass is 9.90. The molecule has 0 unspecified atom stereocenters. The molecule has 24 heavy (non-hydrogen) atoms. The summed E-state index contributed by atoms with van der Waals surface area (Å²) < 4.78 is 36.1. The van der Waals surface area contributed by atoms with Crippen LogP contribution in [0.25, 0.3) is 0 Å². The van der Waals surface area contributed by atoms with Gasteiger partial charge < -0.3 is 9.47 Å². The average Bonchev–Trinajstić information content (AvgIpc) is 2.74. The molecule has 1 aromatic carbocycles. The zero-order chi connectivity index (χ0) is 18.3. The van der Waals surface area contributed by atoms with E-state index in [0.29, 0.717) is 4.47 Å². The van der Waals surface area contributed by atoms with Crippen LogP contribution in [0, 0.1) is 5.41 Å². The van der Waals surface area contributed by atoms with Crippen molar-refractivity contribution in [3.63, 3.8) is 0 Å². The number of benzene rings is 1. The number of nitrogens with zero attached hydrogens (tertiary/aromatic N) is 1. The average molecular weight is 420 g/mol. The summed E-state index contributed by atoms with van der Waals surface area (Å²) in [6, 6.07) is 4.09. The molecule has 1 aromatic rings. The molecule has 0 radical (unpaired) electrons. The predicted octanol–water partition coefficient (Wildman–Crippen LogP) is 1.81. The van der Waals surface area contributed by atoms with Crippen molar-refractivity contribution in [2.75, 3.05) is 20.7 Å². The normalized spacial score (nSPS) is 20.1. The second kappa shape index (κ2) is 6.45. The Kier molecular flexibility index (Phi) is 5.08. The Morgan fingerprint density at radius 3 is 2.50 bits per heavy atom. The van der Waals surface area contributed by atoms with Gasteiger partial charge >= 0.3 is 11.9 Å². The van der Waals surface area contributed by atoms with Crippen LogP contribution in [-0.2, 0) is 24.3 Å². The summed E-state index contributed by atoms with van der Waals surface area (Å²) in [7, 11) is -0.952. The highest BCUT2D eigenvalue weighted by Gasteiger charge is 2.46. The highest BCUT2D eigenvalue weighted by molar-refractivity contribution is 9.10. The van der Waals surface area contributed by atoms with Gasteiger partial charge in [0.05, 0.1) is 10.5 Å². The summed E-state index contributed by atoms with van der Waals surface area (Å²) in [5, 5.41) is 0. The lowest BCUT2D eigenvalue weighted by Crippen LogP contribution is -2.35. The van der Waals surface area contributed by atoms with Crippen molar-refractivity contribution in [3.05, 3.63) is 28.2 Å². The maximum Gasteiger partial charge on any atom is 0.348 e. The maximum atomic E-state index is 12.3. The number of rotatable bonds is 4.